The Bertz CT molecular complexity index is 273. The maximum absolute atomic E-state index is 11.1. The highest BCUT2D eigenvalue weighted by molar-refractivity contribution is 7.47. The highest BCUT2D eigenvalue weighted by atomic mass is 31.2. The summed E-state index contributed by atoms with van der Waals surface area (Å²) >= 11 is 0. The molecule has 2 heterocycles. The SMILES string of the molecule is [B][C@@H]1O[C@H](COC)[C@@H]2OP(=O)(O)OC12. The van der Waals surface area contributed by atoms with Gasteiger partial charge in [0.25, 0.3) is 0 Å². The van der Waals surface area contributed by atoms with Gasteiger partial charge in [-0.1, -0.05) is 0 Å². The van der Waals surface area contributed by atoms with Gasteiger partial charge in [-0.25, -0.2) is 4.57 Å². The van der Waals surface area contributed by atoms with E-state index in [1.165, 1.54) is 7.11 Å². The van der Waals surface area contributed by atoms with Crippen molar-refractivity contribution in [2.75, 3.05) is 13.7 Å². The second kappa shape index (κ2) is 3.59. The van der Waals surface area contributed by atoms with E-state index in [9.17, 15) is 4.57 Å². The van der Waals surface area contributed by atoms with E-state index in [0.717, 1.165) is 0 Å². The molecule has 0 aromatic heterocycles. The molecule has 0 aromatic rings. The molecule has 2 unspecified atom stereocenters. The normalized spacial score (nSPS) is 52.1. The standard InChI is InChI=1S/C6H10BO6P/c1-10-2-3-4-5(6(7)11-3)13-14(8,9)12-4/h3-6H,2H2,1H3,(H,8,9)/t3-,4+,5?,6-/m1/s1. The number of hydrogen-bond acceptors (Lipinski definition) is 5. The average Bonchev–Trinajstić information content (AvgIpc) is 2.51. The third kappa shape index (κ3) is 1.76. The van der Waals surface area contributed by atoms with Gasteiger partial charge in [-0.3, -0.25) is 9.05 Å². The Balaban J connectivity index is 2.10. The Hall–Kier alpha value is 0.0949. The molecule has 2 aliphatic heterocycles. The van der Waals surface area contributed by atoms with E-state index in [2.05, 4.69) is 0 Å². The van der Waals surface area contributed by atoms with Gasteiger partial charge in [0, 0.05) is 13.1 Å². The fraction of sp³-hybridized carbons (Fsp3) is 1.00. The summed E-state index contributed by atoms with van der Waals surface area (Å²) in [6.45, 7) is 0.248. The van der Waals surface area contributed by atoms with Crippen molar-refractivity contribution >= 4 is 15.7 Å². The van der Waals surface area contributed by atoms with Crippen molar-refractivity contribution in [3.8, 4) is 0 Å². The summed E-state index contributed by atoms with van der Waals surface area (Å²) in [5.74, 6) is 0. The number of rotatable bonds is 2. The smallest absolute Gasteiger partial charge is 0.382 e. The van der Waals surface area contributed by atoms with E-state index in [0.29, 0.717) is 0 Å². The maximum atomic E-state index is 11.1. The maximum Gasteiger partial charge on any atom is 0.473 e. The Morgan fingerprint density at radius 2 is 2.14 bits per heavy atom. The number of phosphoric ester groups is 1. The number of fused-ring (bicyclic) bond motifs is 1. The van der Waals surface area contributed by atoms with Gasteiger partial charge in [-0.15, -0.1) is 0 Å². The zero-order chi connectivity index (χ0) is 10.3. The van der Waals surface area contributed by atoms with Crippen LogP contribution in [0.15, 0.2) is 0 Å². The number of phosphoric acid groups is 1. The van der Waals surface area contributed by atoms with Crippen LogP contribution in [0.1, 0.15) is 0 Å². The van der Waals surface area contributed by atoms with Crippen LogP contribution in [0.2, 0.25) is 0 Å². The molecule has 2 radical (unpaired) electrons. The minimum absolute atomic E-state index is 0.248. The molecule has 2 rings (SSSR count). The van der Waals surface area contributed by atoms with Crippen molar-refractivity contribution in [1.82, 2.24) is 0 Å². The molecular formula is C6H10BO6P. The quantitative estimate of drug-likeness (QED) is 0.495. The van der Waals surface area contributed by atoms with Crippen molar-refractivity contribution in [1.29, 1.82) is 0 Å². The first-order valence-corrected chi connectivity index (χ1v) is 5.62. The summed E-state index contributed by atoms with van der Waals surface area (Å²) in [7, 11) is 3.11. The Morgan fingerprint density at radius 1 is 1.50 bits per heavy atom. The topological polar surface area (TPSA) is 74.2 Å². The van der Waals surface area contributed by atoms with Crippen LogP contribution in [0.5, 0.6) is 0 Å². The highest BCUT2D eigenvalue weighted by Crippen LogP contribution is 2.56. The van der Waals surface area contributed by atoms with Crippen LogP contribution < -0.4 is 0 Å². The van der Waals surface area contributed by atoms with Crippen LogP contribution in [-0.4, -0.2) is 50.8 Å². The molecule has 5 atom stereocenters. The fourth-order valence-corrected chi connectivity index (χ4v) is 2.79. The Morgan fingerprint density at radius 3 is 2.79 bits per heavy atom. The third-order valence-corrected chi connectivity index (χ3v) is 3.21. The Kier molecular flexibility index (Phi) is 2.72. The van der Waals surface area contributed by atoms with E-state index in [-0.39, 0.29) is 6.61 Å². The van der Waals surface area contributed by atoms with E-state index in [1.54, 1.807) is 0 Å². The molecule has 2 saturated heterocycles. The molecule has 8 heteroatoms. The molecule has 0 saturated carbocycles. The zero-order valence-electron chi connectivity index (χ0n) is 7.53. The molecule has 0 aromatic carbocycles. The highest BCUT2D eigenvalue weighted by Gasteiger charge is 2.55. The number of methoxy groups -OCH3 is 1. The second-order valence-electron chi connectivity index (χ2n) is 3.20. The van der Waals surface area contributed by atoms with Gasteiger partial charge in [-0.05, 0) is 0 Å². The van der Waals surface area contributed by atoms with Gasteiger partial charge in [0.1, 0.15) is 26.2 Å². The van der Waals surface area contributed by atoms with E-state index in [4.69, 9.17) is 31.3 Å². The average molecular weight is 220 g/mol. The summed E-state index contributed by atoms with van der Waals surface area (Å²) in [4.78, 5) is 9.06. The molecular weight excluding hydrogens is 210 g/mol. The number of hydrogen-bond donors (Lipinski definition) is 1. The second-order valence-corrected chi connectivity index (χ2v) is 4.56. The lowest BCUT2D eigenvalue weighted by Crippen LogP contribution is -2.31. The van der Waals surface area contributed by atoms with Crippen LogP contribution >= 0.6 is 7.82 Å². The molecule has 1 N–H and O–H groups in total. The van der Waals surface area contributed by atoms with Crippen LogP contribution in [0.25, 0.3) is 0 Å². The minimum Gasteiger partial charge on any atom is -0.382 e. The van der Waals surface area contributed by atoms with Gasteiger partial charge in [0.05, 0.1) is 6.61 Å². The summed E-state index contributed by atoms with van der Waals surface area (Å²) in [6.07, 6.45) is -1.77. The minimum atomic E-state index is -3.93. The molecule has 0 aliphatic carbocycles. The first kappa shape index (κ1) is 10.6. The first-order valence-electron chi connectivity index (χ1n) is 4.13. The number of ether oxygens (including phenoxy) is 2. The fourth-order valence-electron chi connectivity index (χ4n) is 1.63. The van der Waals surface area contributed by atoms with E-state index >= 15 is 0 Å². The molecule has 6 nitrogen and oxygen atoms in total. The van der Waals surface area contributed by atoms with Crippen LogP contribution in [-0.2, 0) is 23.1 Å². The summed E-state index contributed by atoms with van der Waals surface area (Å²) < 4.78 is 30.7. The lowest BCUT2D eigenvalue weighted by Gasteiger charge is -2.15. The molecule has 0 amide bonds. The van der Waals surface area contributed by atoms with Gasteiger partial charge >= 0.3 is 7.82 Å². The van der Waals surface area contributed by atoms with Crippen LogP contribution in [0.4, 0.5) is 0 Å². The van der Waals surface area contributed by atoms with Gasteiger partial charge in [0.2, 0.25) is 0 Å². The zero-order valence-corrected chi connectivity index (χ0v) is 8.42. The predicted molar refractivity (Wildman–Crippen MR) is 45.9 cm³/mol. The molecule has 2 aliphatic rings. The van der Waals surface area contributed by atoms with Gasteiger partial charge in [-0.2, -0.15) is 0 Å². The molecule has 2 fully saturated rings. The van der Waals surface area contributed by atoms with Crippen molar-refractivity contribution in [3.63, 3.8) is 0 Å². The summed E-state index contributed by atoms with van der Waals surface area (Å²) in [5.41, 5.74) is 0. The summed E-state index contributed by atoms with van der Waals surface area (Å²) in [6, 6.07) is -0.747. The molecule has 0 spiro atoms. The first-order chi connectivity index (χ1) is 6.53. The molecule has 14 heavy (non-hydrogen) atoms. The van der Waals surface area contributed by atoms with Crippen molar-refractivity contribution in [2.45, 2.75) is 24.3 Å². The van der Waals surface area contributed by atoms with Gasteiger partial charge in [0.15, 0.2) is 0 Å². The summed E-state index contributed by atoms with van der Waals surface area (Å²) in [5, 5.41) is 0. The van der Waals surface area contributed by atoms with E-state index < -0.39 is 32.1 Å². The predicted octanol–water partition coefficient (Wildman–Crippen LogP) is -0.589. The van der Waals surface area contributed by atoms with E-state index in [1.807, 2.05) is 0 Å². The molecule has 78 valence electrons. The van der Waals surface area contributed by atoms with Crippen molar-refractivity contribution < 1.29 is 28.0 Å². The largest absolute Gasteiger partial charge is 0.473 e. The van der Waals surface area contributed by atoms with Gasteiger partial charge < -0.3 is 14.4 Å². The monoisotopic (exact) mass is 220 g/mol. The van der Waals surface area contributed by atoms with Crippen LogP contribution in [0.3, 0.4) is 0 Å². The third-order valence-electron chi connectivity index (χ3n) is 2.19. The lowest BCUT2D eigenvalue weighted by molar-refractivity contribution is -0.0157. The van der Waals surface area contributed by atoms with Crippen LogP contribution in [0, 0.1) is 0 Å². The molecule has 0 bridgehead atoms. The lowest BCUT2D eigenvalue weighted by atomic mass is 9.93. The Labute approximate surface area is 82.5 Å². The van der Waals surface area contributed by atoms with Crippen molar-refractivity contribution in [2.24, 2.45) is 0 Å². The van der Waals surface area contributed by atoms with Crippen molar-refractivity contribution in [3.05, 3.63) is 0 Å².